The maximum Gasteiger partial charge on any atom is 0.276 e. The van der Waals surface area contributed by atoms with Crippen LogP contribution in [0.3, 0.4) is 0 Å². The lowest BCUT2D eigenvalue weighted by molar-refractivity contribution is 0.0741. The van der Waals surface area contributed by atoms with Gasteiger partial charge in [0.15, 0.2) is 11.5 Å². The highest BCUT2D eigenvalue weighted by Crippen LogP contribution is 2.09. The molecule has 1 N–H and O–H groups in total. The van der Waals surface area contributed by atoms with Crippen LogP contribution in [0.2, 0.25) is 0 Å². The molecule has 0 radical (unpaired) electrons. The van der Waals surface area contributed by atoms with E-state index in [1.54, 1.807) is 4.90 Å². The number of hydrogen-bond donors (Lipinski definition) is 1. The van der Waals surface area contributed by atoms with Crippen molar-refractivity contribution in [3.05, 3.63) is 23.6 Å². The topological polar surface area (TPSA) is 101 Å². The first-order valence-electron chi connectivity index (χ1n) is 6.56. The standard InChI is InChI=1S/C12H18N6O2/c1-4-18(12(19)9-6-13-17-15-9)7-10-14-11(20-16-10)5-8(2)3/h6,8H,4-5,7H2,1-3H3,(H,13,15,17). The number of rotatable bonds is 6. The van der Waals surface area contributed by atoms with Crippen LogP contribution in [-0.2, 0) is 13.0 Å². The van der Waals surface area contributed by atoms with Gasteiger partial charge in [-0.05, 0) is 12.8 Å². The Kier molecular flexibility index (Phi) is 4.44. The number of amides is 1. The third-order valence-corrected chi connectivity index (χ3v) is 2.73. The van der Waals surface area contributed by atoms with Gasteiger partial charge in [-0.25, -0.2) is 0 Å². The molecule has 0 aromatic carbocycles. The molecule has 108 valence electrons. The molecule has 0 aliphatic heterocycles. The van der Waals surface area contributed by atoms with Gasteiger partial charge in [-0.3, -0.25) is 4.79 Å². The minimum atomic E-state index is -0.212. The molecule has 2 aromatic rings. The van der Waals surface area contributed by atoms with E-state index in [0.29, 0.717) is 30.7 Å². The second-order valence-electron chi connectivity index (χ2n) is 4.88. The van der Waals surface area contributed by atoms with Crippen molar-refractivity contribution in [1.82, 2.24) is 30.5 Å². The molecular weight excluding hydrogens is 260 g/mol. The summed E-state index contributed by atoms with van der Waals surface area (Å²) in [6, 6.07) is 0. The van der Waals surface area contributed by atoms with E-state index in [-0.39, 0.29) is 11.6 Å². The van der Waals surface area contributed by atoms with Gasteiger partial charge in [0.25, 0.3) is 5.91 Å². The van der Waals surface area contributed by atoms with Crippen LogP contribution in [0.1, 0.15) is 43.0 Å². The second-order valence-corrected chi connectivity index (χ2v) is 4.88. The minimum Gasteiger partial charge on any atom is -0.339 e. The molecular formula is C12H18N6O2. The number of carbonyl (C=O) groups excluding carboxylic acids is 1. The molecule has 0 aliphatic rings. The van der Waals surface area contributed by atoms with Crippen LogP contribution >= 0.6 is 0 Å². The van der Waals surface area contributed by atoms with Gasteiger partial charge in [0, 0.05) is 13.0 Å². The van der Waals surface area contributed by atoms with E-state index in [1.807, 2.05) is 6.92 Å². The Balaban J connectivity index is 2.03. The lowest BCUT2D eigenvalue weighted by atomic mass is 10.1. The Hall–Kier alpha value is -2.25. The van der Waals surface area contributed by atoms with Crippen LogP contribution in [0.4, 0.5) is 0 Å². The SMILES string of the molecule is CCN(Cc1noc(CC(C)C)n1)C(=O)c1cn[nH]n1. The van der Waals surface area contributed by atoms with Gasteiger partial charge in [0.2, 0.25) is 5.89 Å². The molecule has 2 aromatic heterocycles. The third kappa shape index (κ3) is 3.40. The van der Waals surface area contributed by atoms with Gasteiger partial charge < -0.3 is 9.42 Å². The van der Waals surface area contributed by atoms with E-state index in [2.05, 4.69) is 39.4 Å². The van der Waals surface area contributed by atoms with Crippen LogP contribution in [0.5, 0.6) is 0 Å². The average Bonchev–Trinajstić information content (AvgIpc) is 3.05. The van der Waals surface area contributed by atoms with Gasteiger partial charge in [0.1, 0.15) is 0 Å². The van der Waals surface area contributed by atoms with Crippen molar-refractivity contribution < 1.29 is 9.32 Å². The Bertz CT molecular complexity index is 548. The van der Waals surface area contributed by atoms with Crippen molar-refractivity contribution in [1.29, 1.82) is 0 Å². The molecule has 0 aliphatic carbocycles. The zero-order valence-corrected chi connectivity index (χ0v) is 11.8. The Morgan fingerprint density at radius 2 is 2.30 bits per heavy atom. The summed E-state index contributed by atoms with van der Waals surface area (Å²) in [5, 5.41) is 13.7. The van der Waals surface area contributed by atoms with Crippen LogP contribution in [0.15, 0.2) is 10.7 Å². The maximum absolute atomic E-state index is 12.1. The molecule has 0 bridgehead atoms. The highest BCUT2D eigenvalue weighted by molar-refractivity contribution is 5.91. The van der Waals surface area contributed by atoms with Crippen LogP contribution in [0.25, 0.3) is 0 Å². The molecule has 0 atom stereocenters. The molecule has 0 saturated carbocycles. The molecule has 1 amide bonds. The number of hydrogen-bond acceptors (Lipinski definition) is 6. The van der Waals surface area contributed by atoms with Gasteiger partial charge >= 0.3 is 0 Å². The van der Waals surface area contributed by atoms with Crippen molar-refractivity contribution in [2.45, 2.75) is 33.7 Å². The van der Waals surface area contributed by atoms with Crippen molar-refractivity contribution in [3.63, 3.8) is 0 Å². The highest BCUT2D eigenvalue weighted by Gasteiger charge is 2.19. The summed E-state index contributed by atoms with van der Waals surface area (Å²) in [6.45, 7) is 6.86. The van der Waals surface area contributed by atoms with E-state index in [0.717, 1.165) is 6.42 Å². The summed E-state index contributed by atoms with van der Waals surface area (Å²) >= 11 is 0. The van der Waals surface area contributed by atoms with E-state index >= 15 is 0 Å². The third-order valence-electron chi connectivity index (χ3n) is 2.73. The Morgan fingerprint density at radius 1 is 1.50 bits per heavy atom. The molecule has 2 rings (SSSR count). The van der Waals surface area contributed by atoms with Crippen molar-refractivity contribution >= 4 is 5.91 Å². The van der Waals surface area contributed by atoms with Crippen molar-refractivity contribution in [3.8, 4) is 0 Å². The smallest absolute Gasteiger partial charge is 0.276 e. The first kappa shape index (κ1) is 14.2. The van der Waals surface area contributed by atoms with Crippen molar-refractivity contribution in [2.24, 2.45) is 5.92 Å². The molecule has 8 heteroatoms. The number of aromatic nitrogens is 5. The normalized spacial score (nSPS) is 11.0. The van der Waals surface area contributed by atoms with Gasteiger partial charge in [-0.15, -0.1) is 0 Å². The molecule has 0 unspecified atom stereocenters. The predicted octanol–water partition coefficient (Wildman–Crippen LogP) is 1.05. The number of carbonyl (C=O) groups is 1. The summed E-state index contributed by atoms with van der Waals surface area (Å²) in [4.78, 5) is 18.0. The maximum atomic E-state index is 12.1. The fourth-order valence-corrected chi connectivity index (χ4v) is 1.75. The predicted molar refractivity (Wildman–Crippen MR) is 69.6 cm³/mol. The zero-order chi connectivity index (χ0) is 14.5. The van der Waals surface area contributed by atoms with Crippen LogP contribution in [-0.4, -0.2) is 42.9 Å². The molecule has 8 nitrogen and oxygen atoms in total. The fourth-order valence-electron chi connectivity index (χ4n) is 1.75. The quantitative estimate of drug-likeness (QED) is 0.847. The van der Waals surface area contributed by atoms with Crippen LogP contribution in [0, 0.1) is 5.92 Å². The summed E-state index contributed by atoms with van der Waals surface area (Å²) in [7, 11) is 0. The monoisotopic (exact) mass is 278 g/mol. The summed E-state index contributed by atoms with van der Waals surface area (Å²) in [5.41, 5.74) is 0.276. The Labute approximate surface area is 116 Å². The fraction of sp³-hybridized carbons (Fsp3) is 0.583. The summed E-state index contributed by atoms with van der Waals surface area (Å²) in [6.07, 6.45) is 2.13. The largest absolute Gasteiger partial charge is 0.339 e. The van der Waals surface area contributed by atoms with Gasteiger partial charge in [-0.1, -0.05) is 19.0 Å². The van der Waals surface area contributed by atoms with E-state index < -0.39 is 0 Å². The highest BCUT2D eigenvalue weighted by atomic mass is 16.5. The average molecular weight is 278 g/mol. The molecule has 20 heavy (non-hydrogen) atoms. The second kappa shape index (κ2) is 6.27. The zero-order valence-electron chi connectivity index (χ0n) is 11.8. The van der Waals surface area contributed by atoms with Crippen molar-refractivity contribution in [2.75, 3.05) is 6.54 Å². The van der Waals surface area contributed by atoms with E-state index in [4.69, 9.17) is 4.52 Å². The molecule has 0 saturated heterocycles. The first-order valence-corrected chi connectivity index (χ1v) is 6.56. The van der Waals surface area contributed by atoms with Crippen LogP contribution < -0.4 is 0 Å². The van der Waals surface area contributed by atoms with Gasteiger partial charge in [-0.2, -0.15) is 20.4 Å². The number of aromatic amines is 1. The minimum absolute atomic E-state index is 0.212. The van der Waals surface area contributed by atoms with Gasteiger partial charge in [0.05, 0.1) is 12.7 Å². The Morgan fingerprint density at radius 3 is 2.90 bits per heavy atom. The molecule has 2 heterocycles. The summed E-state index contributed by atoms with van der Waals surface area (Å²) in [5.74, 6) is 1.33. The number of H-pyrrole nitrogens is 1. The molecule has 0 fully saturated rings. The lowest BCUT2D eigenvalue weighted by Crippen LogP contribution is -2.31. The lowest BCUT2D eigenvalue weighted by Gasteiger charge is -2.17. The molecule has 0 spiro atoms. The number of nitrogens with zero attached hydrogens (tertiary/aromatic N) is 5. The number of nitrogens with one attached hydrogen (secondary N) is 1. The first-order chi connectivity index (χ1) is 9.60. The summed E-state index contributed by atoms with van der Waals surface area (Å²) < 4.78 is 5.16. The van der Waals surface area contributed by atoms with E-state index in [1.165, 1.54) is 6.20 Å². The van der Waals surface area contributed by atoms with E-state index in [9.17, 15) is 4.79 Å².